The van der Waals surface area contributed by atoms with Crippen molar-refractivity contribution in [1.82, 2.24) is 9.78 Å². The van der Waals surface area contributed by atoms with Gasteiger partial charge in [-0.2, -0.15) is 5.10 Å². The van der Waals surface area contributed by atoms with Gasteiger partial charge in [0.1, 0.15) is 0 Å². The zero-order valence-electron chi connectivity index (χ0n) is 11.5. The minimum atomic E-state index is -0.275. The van der Waals surface area contributed by atoms with Crippen LogP contribution >= 0.6 is 0 Å². The van der Waals surface area contributed by atoms with E-state index < -0.39 is 0 Å². The average molecular weight is 270 g/mol. The van der Waals surface area contributed by atoms with Crippen molar-refractivity contribution < 1.29 is 9.53 Å². The van der Waals surface area contributed by atoms with Crippen molar-refractivity contribution >= 4 is 5.97 Å². The van der Waals surface area contributed by atoms with Crippen LogP contribution < -0.4 is 0 Å². The molecule has 0 N–H and O–H groups in total. The molecule has 0 radical (unpaired) electrons. The Morgan fingerprint density at radius 1 is 1.40 bits per heavy atom. The van der Waals surface area contributed by atoms with Gasteiger partial charge in [0.15, 0.2) is 0 Å². The van der Waals surface area contributed by atoms with Crippen LogP contribution in [0.25, 0.3) is 0 Å². The number of carbonyl (C=O) groups is 1. The molecule has 1 fully saturated rings. The standard InChI is InChI=1S/C16H18N2O2/c1-12-7-14(12)11-20-16(19)15-8-17-18(10-15)9-13-5-3-2-4-6-13/h2-6,8,10,12,14H,7,9,11H2,1H3. The summed E-state index contributed by atoms with van der Waals surface area (Å²) >= 11 is 0. The van der Waals surface area contributed by atoms with Crippen molar-refractivity contribution in [2.24, 2.45) is 11.8 Å². The zero-order valence-corrected chi connectivity index (χ0v) is 11.5. The highest BCUT2D eigenvalue weighted by Gasteiger charge is 2.33. The van der Waals surface area contributed by atoms with Gasteiger partial charge in [0, 0.05) is 6.20 Å². The Balaban J connectivity index is 1.57. The predicted molar refractivity (Wildman–Crippen MR) is 75.3 cm³/mol. The molecule has 0 spiro atoms. The van der Waals surface area contributed by atoms with Crippen LogP contribution in [-0.4, -0.2) is 22.4 Å². The van der Waals surface area contributed by atoms with Crippen LogP contribution in [0, 0.1) is 11.8 Å². The maximum absolute atomic E-state index is 11.9. The van der Waals surface area contributed by atoms with Gasteiger partial charge in [-0.1, -0.05) is 37.3 Å². The highest BCUT2D eigenvalue weighted by Crippen LogP contribution is 2.37. The Morgan fingerprint density at radius 3 is 2.85 bits per heavy atom. The third kappa shape index (κ3) is 3.07. The van der Waals surface area contributed by atoms with Gasteiger partial charge in [0.2, 0.25) is 0 Å². The Labute approximate surface area is 118 Å². The van der Waals surface area contributed by atoms with Crippen LogP contribution in [0.15, 0.2) is 42.7 Å². The normalized spacial score (nSPS) is 20.6. The van der Waals surface area contributed by atoms with Crippen molar-refractivity contribution in [3.05, 3.63) is 53.9 Å². The van der Waals surface area contributed by atoms with Gasteiger partial charge in [-0.3, -0.25) is 4.68 Å². The molecule has 2 aromatic rings. The highest BCUT2D eigenvalue weighted by atomic mass is 16.5. The van der Waals surface area contributed by atoms with Gasteiger partial charge in [-0.25, -0.2) is 4.79 Å². The number of esters is 1. The van der Waals surface area contributed by atoms with E-state index in [-0.39, 0.29) is 5.97 Å². The first-order valence-electron chi connectivity index (χ1n) is 6.96. The van der Waals surface area contributed by atoms with E-state index in [9.17, 15) is 4.79 Å². The van der Waals surface area contributed by atoms with Gasteiger partial charge in [-0.15, -0.1) is 0 Å². The molecule has 2 unspecified atom stereocenters. The van der Waals surface area contributed by atoms with Crippen LogP contribution in [0.2, 0.25) is 0 Å². The van der Waals surface area contributed by atoms with E-state index in [0.29, 0.717) is 30.6 Å². The largest absolute Gasteiger partial charge is 0.462 e. The first-order chi connectivity index (χ1) is 9.72. The van der Waals surface area contributed by atoms with E-state index in [1.807, 2.05) is 30.3 Å². The van der Waals surface area contributed by atoms with Crippen LogP contribution in [0.5, 0.6) is 0 Å². The Bertz CT molecular complexity index is 592. The fourth-order valence-electron chi connectivity index (χ4n) is 2.22. The number of aromatic nitrogens is 2. The van der Waals surface area contributed by atoms with Crippen molar-refractivity contribution in [3.8, 4) is 0 Å². The number of benzene rings is 1. The van der Waals surface area contributed by atoms with E-state index in [2.05, 4.69) is 12.0 Å². The van der Waals surface area contributed by atoms with Crippen LogP contribution in [0.3, 0.4) is 0 Å². The lowest BCUT2D eigenvalue weighted by atomic mass is 10.2. The second-order valence-corrected chi connectivity index (χ2v) is 5.48. The molecule has 2 atom stereocenters. The molecular weight excluding hydrogens is 252 g/mol. The predicted octanol–water partition coefficient (Wildman–Crippen LogP) is 2.74. The summed E-state index contributed by atoms with van der Waals surface area (Å²) < 4.78 is 7.05. The fraction of sp³-hybridized carbons (Fsp3) is 0.375. The molecule has 0 saturated heterocycles. The Hall–Kier alpha value is -2.10. The quantitative estimate of drug-likeness (QED) is 0.785. The summed E-state index contributed by atoms with van der Waals surface area (Å²) in [4.78, 5) is 11.9. The molecule has 4 heteroatoms. The molecule has 104 valence electrons. The molecular formula is C16H18N2O2. The molecule has 1 aromatic heterocycles. The molecule has 0 bridgehead atoms. The SMILES string of the molecule is CC1CC1COC(=O)c1cnn(Cc2ccccc2)c1. The average Bonchev–Trinajstić information content (AvgIpc) is 2.97. The topological polar surface area (TPSA) is 44.1 Å². The van der Waals surface area contributed by atoms with Gasteiger partial charge in [0.05, 0.1) is 24.9 Å². The molecule has 1 aliphatic carbocycles. The first kappa shape index (κ1) is 12.9. The summed E-state index contributed by atoms with van der Waals surface area (Å²) in [6.45, 7) is 3.37. The smallest absolute Gasteiger partial charge is 0.341 e. The molecule has 1 heterocycles. The maximum Gasteiger partial charge on any atom is 0.341 e. The van der Waals surface area contributed by atoms with E-state index in [4.69, 9.17) is 4.74 Å². The minimum Gasteiger partial charge on any atom is -0.462 e. The van der Waals surface area contributed by atoms with Crippen molar-refractivity contribution in [2.75, 3.05) is 6.61 Å². The van der Waals surface area contributed by atoms with Crippen LogP contribution in [0.4, 0.5) is 0 Å². The van der Waals surface area contributed by atoms with Crippen molar-refractivity contribution in [3.63, 3.8) is 0 Å². The number of nitrogens with zero attached hydrogens (tertiary/aromatic N) is 2. The lowest BCUT2D eigenvalue weighted by molar-refractivity contribution is 0.0481. The minimum absolute atomic E-state index is 0.275. The maximum atomic E-state index is 11.9. The Kier molecular flexibility index (Phi) is 3.54. The highest BCUT2D eigenvalue weighted by molar-refractivity contribution is 5.88. The Morgan fingerprint density at radius 2 is 2.15 bits per heavy atom. The molecule has 1 aliphatic rings. The summed E-state index contributed by atoms with van der Waals surface area (Å²) in [5.41, 5.74) is 1.68. The first-order valence-corrected chi connectivity index (χ1v) is 6.96. The lowest BCUT2D eigenvalue weighted by Gasteiger charge is -2.02. The van der Waals surface area contributed by atoms with Crippen LogP contribution in [0.1, 0.15) is 29.3 Å². The summed E-state index contributed by atoms with van der Waals surface area (Å²) in [5, 5.41) is 4.21. The van der Waals surface area contributed by atoms with E-state index >= 15 is 0 Å². The zero-order chi connectivity index (χ0) is 13.9. The summed E-state index contributed by atoms with van der Waals surface area (Å²) in [5.74, 6) is 0.977. The molecule has 3 rings (SSSR count). The lowest BCUT2D eigenvalue weighted by Crippen LogP contribution is -2.07. The number of hydrogen-bond acceptors (Lipinski definition) is 3. The summed E-state index contributed by atoms with van der Waals surface area (Å²) in [6.07, 6.45) is 4.48. The molecule has 1 aromatic carbocycles. The number of rotatable bonds is 5. The molecule has 20 heavy (non-hydrogen) atoms. The van der Waals surface area contributed by atoms with Crippen LogP contribution in [-0.2, 0) is 11.3 Å². The van der Waals surface area contributed by atoms with Gasteiger partial charge in [-0.05, 0) is 23.8 Å². The summed E-state index contributed by atoms with van der Waals surface area (Å²) in [6, 6.07) is 10.0. The number of hydrogen-bond donors (Lipinski definition) is 0. The second-order valence-electron chi connectivity index (χ2n) is 5.48. The molecule has 4 nitrogen and oxygen atoms in total. The number of carbonyl (C=O) groups excluding carboxylic acids is 1. The monoisotopic (exact) mass is 270 g/mol. The van der Waals surface area contributed by atoms with Gasteiger partial charge >= 0.3 is 5.97 Å². The fourth-order valence-corrected chi connectivity index (χ4v) is 2.22. The van der Waals surface area contributed by atoms with Gasteiger partial charge in [0.25, 0.3) is 0 Å². The summed E-state index contributed by atoms with van der Waals surface area (Å²) in [7, 11) is 0. The third-order valence-corrected chi connectivity index (χ3v) is 3.76. The second kappa shape index (κ2) is 5.49. The van der Waals surface area contributed by atoms with Gasteiger partial charge < -0.3 is 4.74 Å². The van der Waals surface area contributed by atoms with E-state index in [0.717, 1.165) is 5.56 Å². The molecule has 0 amide bonds. The van der Waals surface area contributed by atoms with Crippen molar-refractivity contribution in [1.29, 1.82) is 0 Å². The number of ether oxygens (including phenoxy) is 1. The van der Waals surface area contributed by atoms with Crippen molar-refractivity contribution in [2.45, 2.75) is 19.9 Å². The third-order valence-electron chi connectivity index (χ3n) is 3.76. The van der Waals surface area contributed by atoms with E-state index in [1.54, 1.807) is 17.1 Å². The molecule has 1 saturated carbocycles. The van der Waals surface area contributed by atoms with E-state index in [1.165, 1.54) is 6.42 Å². The molecule has 0 aliphatic heterocycles.